The zero-order valence-electron chi connectivity index (χ0n) is 16.5. The first-order valence-corrected chi connectivity index (χ1v) is 9.82. The number of hydrogen-bond acceptors (Lipinski definition) is 4. The minimum Gasteiger partial charge on any atom is -0.444 e. The molecular weight excluding hydrogens is 366 g/mol. The molecule has 0 bridgehead atoms. The van der Waals surface area contributed by atoms with Crippen LogP contribution in [-0.4, -0.2) is 66.7 Å². The van der Waals surface area contributed by atoms with Gasteiger partial charge in [-0.05, 0) is 51.3 Å². The standard InChI is InChI=1S/C20H30ClN3O3/c1-20(2,3)27-19(26)24-12-4-11-23(13-14-24)15-18(25)22-10-9-16-5-7-17(21)8-6-16/h5-8H,4,9-15H2,1-3H3,(H,22,25). The molecule has 1 fully saturated rings. The SMILES string of the molecule is CC(C)(C)OC(=O)N1CCCN(CC(=O)NCCc2ccc(Cl)cc2)CC1. The average molecular weight is 396 g/mol. The molecule has 7 heteroatoms. The molecule has 6 nitrogen and oxygen atoms in total. The van der Waals surface area contributed by atoms with Gasteiger partial charge in [-0.3, -0.25) is 9.69 Å². The van der Waals surface area contributed by atoms with E-state index in [1.54, 1.807) is 4.90 Å². The molecule has 0 aliphatic carbocycles. The number of carbonyl (C=O) groups is 2. The molecular formula is C20H30ClN3O3. The summed E-state index contributed by atoms with van der Waals surface area (Å²) in [4.78, 5) is 28.2. The maximum Gasteiger partial charge on any atom is 0.410 e. The van der Waals surface area contributed by atoms with Crippen LogP contribution in [0.1, 0.15) is 32.8 Å². The van der Waals surface area contributed by atoms with Crippen molar-refractivity contribution >= 4 is 23.6 Å². The number of nitrogens with zero attached hydrogens (tertiary/aromatic N) is 2. The Bertz CT molecular complexity index is 628. The van der Waals surface area contributed by atoms with Gasteiger partial charge in [0.05, 0.1) is 6.54 Å². The Morgan fingerprint density at radius 1 is 1.11 bits per heavy atom. The normalized spacial score (nSPS) is 15.9. The van der Waals surface area contributed by atoms with Crippen LogP contribution in [0.4, 0.5) is 4.79 Å². The van der Waals surface area contributed by atoms with E-state index in [2.05, 4.69) is 10.2 Å². The summed E-state index contributed by atoms with van der Waals surface area (Å²) in [7, 11) is 0. The highest BCUT2D eigenvalue weighted by atomic mass is 35.5. The van der Waals surface area contributed by atoms with E-state index in [0.29, 0.717) is 37.7 Å². The fourth-order valence-corrected chi connectivity index (χ4v) is 3.02. The Labute approximate surface area is 166 Å². The van der Waals surface area contributed by atoms with Crippen molar-refractivity contribution in [1.82, 2.24) is 15.1 Å². The molecule has 1 aliphatic heterocycles. The van der Waals surface area contributed by atoms with E-state index < -0.39 is 5.60 Å². The molecule has 0 radical (unpaired) electrons. The van der Waals surface area contributed by atoms with Crippen molar-refractivity contribution in [2.24, 2.45) is 0 Å². The third kappa shape index (κ3) is 8.18. The van der Waals surface area contributed by atoms with Crippen LogP contribution in [0.25, 0.3) is 0 Å². The summed E-state index contributed by atoms with van der Waals surface area (Å²) in [6.07, 6.45) is 1.32. The maximum absolute atomic E-state index is 12.2. The number of halogens is 1. The Balaban J connectivity index is 1.70. The summed E-state index contributed by atoms with van der Waals surface area (Å²) in [5, 5.41) is 3.67. The van der Waals surface area contributed by atoms with Crippen LogP contribution < -0.4 is 5.32 Å². The van der Waals surface area contributed by atoms with Crippen LogP contribution in [-0.2, 0) is 16.0 Å². The van der Waals surface area contributed by atoms with Crippen molar-refractivity contribution in [2.45, 2.75) is 39.2 Å². The first-order chi connectivity index (χ1) is 12.7. The topological polar surface area (TPSA) is 61.9 Å². The number of ether oxygens (including phenoxy) is 1. The van der Waals surface area contributed by atoms with E-state index in [0.717, 1.165) is 24.9 Å². The molecule has 1 aromatic rings. The lowest BCUT2D eigenvalue weighted by Crippen LogP contribution is -2.41. The molecule has 150 valence electrons. The molecule has 1 heterocycles. The predicted octanol–water partition coefficient (Wildman–Crippen LogP) is 2.94. The molecule has 2 rings (SSSR count). The lowest BCUT2D eigenvalue weighted by atomic mass is 10.1. The lowest BCUT2D eigenvalue weighted by molar-refractivity contribution is -0.122. The fraction of sp³-hybridized carbons (Fsp3) is 0.600. The average Bonchev–Trinajstić information content (AvgIpc) is 2.81. The zero-order valence-corrected chi connectivity index (χ0v) is 17.2. The van der Waals surface area contributed by atoms with Gasteiger partial charge in [0.25, 0.3) is 0 Å². The number of carbonyl (C=O) groups excluding carboxylic acids is 2. The monoisotopic (exact) mass is 395 g/mol. The van der Waals surface area contributed by atoms with E-state index in [1.807, 2.05) is 45.0 Å². The van der Waals surface area contributed by atoms with E-state index in [1.165, 1.54) is 0 Å². The van der Waals surface area contributed by atoms with Crippen molar-refractivity contribution in [1.29, 1.82) is 0 Å². The number of rotatable bonds is 5. The summed E-state index contributed by atoms with van der Waals surface area (Å²) in [6.45, 7) is 9.24. The number of benzene rings is 1. The molecule has 0 spiro atoms. The molecule has 0 unspecified atom stereocenters. The number of nitrogens with one attached hydrogen (secondary N) is 1. The molecule has 0 aromatic heterocycles. The minimum absolute atomic E-state index is 0.00896. The largest absolute Gasteiger partial charge is 0.444 e. The third-order valence-electron chi connectivity index (χ3n) is 4.26. The Hall–Kier alpha value is -1.79. The van der Waals surface area contributed by atoms with Crippen molar-refractivity contribution in [3.63, 3.8) is 0 Å². The van der Waals surface area contributed by atoms with Crippen LogP contribution in [0.2, 0.25) is 5.02 Å². The van der Waals surface area contributed by atoms with Gasteiger partial charge >= 0.3 is 6.09 Å². The smallest absolute Gasteiger partial charge is 0.410 e. The first-order valence-electron chi connectivity index (χ1n) is 9.44. The molecule has 1 aromatic carbocycles. The van der Waals surface area contributed by atoms with Crippen LogP contribution in [0.5, 0.6) is 0 Å². The van der Waals surface area contributed by atoms with Crippen LogP contribution in [0.15, 0.2) is 24.3 Å². The van der Waals surface area contributed by atoms with Crippen LogP contribution >= 0.6 is 11.6 Å². The van der Waals surface area contributed by atoms with E-state index in [4.69, 9.17) is 16.3 Å². The lowest BCUT2D eigenvalue weighted by Gasteiger charge is -2.26. The summed E-state index contributed by atoms with van der Waals surface area (Å²) in [6, 6.07) is 7.64. The Morgan fingerprint density at radius 2 is 1.81 bits per heavy atom. The van der Waals surface area contributed by atoms with Crippen molar-refractivity contribution in [3.8, 4) is 0 Å². The Kier molecular flexibility index (Phi) is 7.92. The van der Waals surface area contributed by atoms with Gasteiger partial charge in [-0.15, -0.1) is 0 Å². The summed E-state index contributed by atoms with van der Waals surface area (Å²) in [5.74, 6) is 0.00896. The first kappa shape index (κ1) is 21.5. The summed E-state index contributed by atoms with van der Waals surface area (Å²) >= 11 is 5.87. The van der Waals surface area contributed by atoms with Gasteiger partial charge in [0.2, 0.25) is 5.91 Å². The molecule has 1 saturated heterocycles. The van der Waals surface area contributed by atoms with Gasteiger partial charge in [0.1, 0.15) is 5.60 Å². The fourth-order valence-electron chi connectivity index (χ4n) is 2.89. The van der Waals surface area contributed by atoms with Crippen molar-refractivity contribution < 1.29 is 14.3 Å². The molecule has 27 heavy (non-hydrogen) atoms. The molecule has 1 aliphatic rings. The second-order valence-electron chi connectivity index (χ2n) is 7.82. The molecule has 0 atom stereocenters. The third-order valence-corrected chi connectivity index (χ3v) is 4.51. The van der Waals surface area contributed by atoms with Crippen LogP contribution in [0, 0.1) is 0 Å². The molecule has 2 amide bonds. The second kappa shape index (κ2) is 9.95. The highest BCUT2D eigenvalue weighted by Crippen LogP contribution is 2.12. The number of hydrogen-bond donors (Lipinski definition) is 1. The van der Waals surface area contributed by atoms with E-state index >= 15 is 0 Å². The van der Waals surface area contributed by atoms with Crippen LogP contribution in [0.3, 0.4) is 0 Å². The van der Waals surface area contributed by atoms with Gasteiger partial charge in [0, 0.05) is 37.7 Å². The van der Waals surface area contributed by atoms with Crippen molar-refractivity contribution in [2.75, 3.05) is 39.3 Å². The number of amides is 2. The second-order valence-corrected chi connectivity index (χ2v) is 8.26. The molecule has 1 N–H and O–H groups in total. The summed E-state index contributed by atoms with van der Waals surface area (Å²) < 4.78 is 5.43. The maximum atomic E-state index is 12.2. The van der Waals surface area contributed by atoms with E-state index in [-0.39, 0.29) is 12.0 Å². The van der Waals surface area contributed by atoms with E-state index in [9.17, 15) is 9.59 Å². The van der Waals surface area contributed by atoms with Crippen molar-refractivity contribution in [3.05, 3.63) is 34.9 Å². The highest BCUT2D eigenvalue weighted by molar-refractivity contribution is 6.30. The predicted molar refractivity (Wildman–Crippen MR) is 107 cm³/mol. The van der Waals surface area contributed by atoms with Gasteiger partial charge in [-0.25, -0.2) is 4.79 Å². The summed E-state index contributed by atoms with van der Waals surface area (Å²) in [5.41, 5.74) is 0.648. The van der Waals surface area contributed by atoms with Gasteiger partial charge in [-0.2, -0.15) is 0 Å². The highest BCUT2D eigenvalue weighted by Gasteiger charge is 2.24. The van der Waals surface area contributed by atoms with Gasteiger partial charge < -0.3 is 15.0 Å². The molecule has 0 saturated carbocycles. The quantitative estimate of drug-likeness (QED) is 0.832. The minimum atomic E-state index is -0.493. The zero-order chi connectivity index (χ0) is 19.9. The van der Waals surface area contributed by atoms with Gasteiger partial charge in [0.15, 0.2) is 0 Å². The van der Waals surface area contributed by atoms with Gasteiger partial charge in [-0.1, -0.05) is 23.7 Å². The Morgan fingerprint density at radius 3 is 2.48 bits per heavy atom.